The fourth-order valence-corrected chi connectivity index (χ4v) is 5.26. The minimum absolute atomic E-state index is 0.0383. The number of benzene rings is 2. The Bertz CT molecular complexity index is 1000. The van der Waals surface area contributed by atoms with Gasteiger partial charge in [-0.2, -0.15) is 0 Å². The Labute approximate surface area is 171 Å². The number of nitrogens with zero attached hydrogens (tertiary/aromatic N) is 3. The zero-order chi connectivity index (χ0) is 19.6. The molecule has 0 amide bonds. The van der Waals surface area contributed by atoms with Gasteiger partial charge in [-0.05, 0) is 49.9 Å². The van der Waals surface area contributed by atoms with Crippen LogP contribution in [0.15, 0.2) is 59.4 Å². The topological polar surface area (TPSA) is 44.3 Å². The molecule has 1 unspecified atom stereocenters. The van der Waals surface area contributed by atoms with Crippen molar-refractivity contribution >= 4 is 11.0 Å². The largest absolute Gasteiger partial charge is 0.326 e. The van der Waals surface area contributed by atoms with Gasteiger partial charge in [0.15, 0.2) is 0 Å². The summed E-state index contributed by atoms with van der Waals surface area (Å²) in [5.74, 6) is 0. The van der Waals surface area contributed by atoms with Crippen LogP contribution in [0.5, 0.6) is 0 Å². The molecule has 0 radical (unpaired) electrons. The number of hydrogen-bond donors (Lipinski definition) is 1. The van der Waals surface area contributed by atoms with Crippen LogP contribution in [0.4, 0.5) is 0 Å². The number of likely N-dealkylation sites (tertiary alicyclic amines) is 2. The van der Waals surface area contributed by atoms with E-state index >= 15 is 0 Å². The number of rotatable bonds is 4. The van der Waals surface area contributed by atoms with E-state index in [9.17, 15) is 4.79 Å². The molecule has 2 aromatic carbocycles. The highest BCUT2D eigenvalue weighted by atomic mass is 16.1. The molecule has 0 spiro atoms. The van der Waals surface area contributed by atoms with Gasteiger partial charge < -0.3 is 4.98 Å². The molecule has 0 saturated carbocycles. The fraction of sp³-hybridized carbons (Fsp3) is 0.458. The number of hydrogen-bond acceptors (Lipinski definition) is 3. The van der Waals surface area contributed by atoms with Crippen LogP contribution in [-0.4, -0.2) is 51.6 Å². The van der Waals surface area contributed by atoms with Crippen LogP contribution in [0.2, 0.25) is 0 Å². The summed E-state index contributed by atoms with van der Waals surface area (Å²) >= 11 is 0. The summed E-state index contributed by atoms with van der Waals surface area (Å²) in [6.45, 7) is 5.58. The van der Waals surface area contributed by atoms with Gasteiger partial charge in [-0.15, -0.1) is 0 Å². The molecular weight excluding hydrogens is 360 g/mol. The molecule has 1 aromatic heterocycles. The predicted molar refractivity (Wildman–Crippen MR) is 117 cm³/mol. The summed E-state index contributed by atoms with van der Waals surface area (Å²) in [6, 6.07) is 19.8. The van der Waals surface area contributed by atoms with E-state index in [-0.39, 0.29) is 5.69 Å². The van der Waals surface area contributed by atoms with Crippen LogP contribution in [0.1, 0.15) is 37.3 Å². The van der Waals surface area contributed by atoms with Crippen molar-refractivity contribution in [3.63, 3.8) is 0 Å². The highest BCUT2D eigenvalue weighted by molar-refractivity contribution is 5.75. The Morgan fingerprint density at radius 1 is 0.862 bits per heavy atom. The van der Waals surface area contributed by atoms with Gasteiger partial charge in [-0.3, -0.25) is 14.4 Å². The maximum absolute atomic E-state index is 12.5. The maximum atomic E-state index is 12.5. The fourth-order valence-electron chi connectivity index (χ4n) is 5.26. The molecule has 0 bridgehead atoms. The summed E-state index contributed by atoms with van der Waals surface area (Å²) < 4.78 is 2.00. The second-order valence-electron chi connectivity index (χ2n) is 8.60. The van der Waals surface area contributed by atoms with Crippen LogP contribution in [-0.2, 0) is 6.54 Å². The summed E-state index contributed by atoms with van der Waals surface area (Å²) in [7, 11) is 0. The van der Waals surface area contributed by atoms with Crippen molar-refractivity contribution < 1.29 is 0 Å². The van der Waals surface area contributed by atoms with Gasteiger partial charge in [-0.1, -0.05) is 42.5 Å². The molecule has 3 heterocycles. The SMILES string of the molecule is O=c1[nH]c2ccccc2n1C1CCN(C2CCCN(Cc3ccccc3)C2)CC1. The van der Waals surface area contributed by atoms with Gasteiger partial charge in [0, 0.05) is 38.3 Å². The van der Waals surface area contributed by atoms with Gasteiger partial charge >= 0.3 is 5.69 Å². The second-order valence-corrected chi connectivity index (χ2v) is 8.60. The predicted octanol–water partition coefficient (Wildman–Crippen LogP) is 3.63. The highest BCUT2D eigenvalue weighted by Crippen LogP contribution is 2.28. The number of piperidine rings is 2. The van der Waals surface area contributed by atoms with Crippen LogP contribution < -0.4 is 5.69 Å². The molecule has 3 aromatic rings. The van der Waals surface area contributed by atoms with Crippen LogP contribution >= 0.6 is 0 Å². The van der Waals surface area contributed by atoms with Gasteiger partial charge in [0.2, 0.25) is 0 Å². The van der Waals surface area contributed by atoms with E-state index in [1.54, 1.807) is 0 Å². The molecule has 2 aliphatic rings. The number of fused-ring (bicyclic) bond motifs is 1. The first-order valence-electron chi connectivity index (χ1n) is 11.0. The minimum Gasteiger partial charge on any atom is -0.306 e. The molecule has 29 heavy (non-hydrogen) atoms. The Balaban J connectivity index is 1.22. The van der Waals surface area contributed by atoms with Gasteiger partial charge in [0.1, 0.15) is 0 Å². The lowest BCUT2D eigenvalue weighted by molar-refractivity contribution is 0.0676. The van der Waals surface area contributed by atoms with E-state index in [4.69, 9.17) is 0 Å². The molecule has 0 aliphatic carbocycles. The van der Waals surface area contributed by atoms with E-state index in [1.165, 1.54) is 24.9 Å². The first-order chi connectivity index (χ1) is 14.3. The normalized spacial score (nSPS) is 22.3. The maximum Gasteiger partial charge on any atom is 0.326 e. The van der Waals surface area contributed by atoms with Crippen molar-refractivity contribution in [2.24, 2.45) is 0 Å². The number of aromatic amines is 1. The minimum atomic E-state index is 0.0383. The molecule has 5 nitrogen and oxygen atoms in total. The lowest BCUT2D eigenvalue weighted by Gasteiger charge is -2.42. The number of imidazole rings is 1. The average molecular weight is 391 g/mol. The molecule has 2 aliphatic heterocycles. The second kappa shape index (κ2) is 8.17. The zero-order valence-electron chi connectivity index (χ0n) is 17.0. The zero-order valence-corrected chi connectivity index (χ0v) is 17.0. The number of para-hydroxylation sites is 2. The van der Waals surface area contributed by atoms with Crippen molar-refractivity contribution in [1.82, 2.24) is 19.4 Å². The quantitative estimate of drug-likeness (QED) is 0.740. The smallest absolute Gasteiger partial charge is 0.306 e. The van der Waals surface area contributed by atoms with E-state index in [1.807, 2.05) is 22.8 Å². The third-order valence-electron chi connectivity index (χ3n) is 6.73. The molecule has 1 atom stereocenters. The standard InChI is InChI=1S/C24H30N4O/c29-24-25-22-10-4-5-11-23(22)28(24)20-12-15-27(16-13-20)21-9-6-14-26(18-21)17-19-7-2-1-3-8-19/h1-5,7-8,10-11,20-21H,6,9,12-18H2,(H,25,29). The molecular formula is C24H30N4O. The highest BCUT2D eigenvalue weighted by Gasteiger charge is 2.30. The van der Waals surface area contributed by atoms with Crippen molar-refractivity contribution in [2.75, 3.05) is 26.2 Å². The molecule has 152 valence electrons. The van der Waals surface area contributed by atoms with Crippen LogP contribution in [0.3, 0.4) is 0 Å². The molecule has 5 heteroatoms. The van der Waals surface area contributed by atoms with Crippen molar-refractivity contribution in [1.29, 1.82) is 0 Å². The number of aromatic nitrogens is 2. The van der Waals surface area contributed by atoms with Gasteiger partial charge in [0.05, 0.1) is 11.0 Å². The van der Waals surface area contributed by atoms with Crippen molar-refractivity contribution in [3.05, 3.63) is 70.6 Å². The first-order valence-corrected chi connectivity index (χ1v) is 11.0. The van der Waals surface area contributed by atoms with E-state index in [0.717, 1.165) is 50.1 Å². The lowest BCUT2D eigenvalue weighted by Crippen LogP contribution is -2.50. The average Bonchev–Trinajstić information content (AvgIpc) is 3.10. The molecule has 1 N–H and O–H groups in total. The van der Waals surface area contributed by atoms with E-state index < -0.39 is 0 Å². The summed E-state index contributed by atoms with van der Waals surface area (Å²) in [4.78, 5) is 20.8. The van der Waals surface area contributed by atoms with Crippen LogP contribution in [0.25, 0.3) is 11.0 Å². The summed E-state index contributed by atoms with van der Waals surface area (Å²) in [5, 5.41) is 0. The Hall–Kier alpha value is -2.37. The number of nitrogens with one attached hydrogen (secondary N) is 1. The van der Waals surface area contributed by atoms with Crippen molar-refractivity contribution in [3.8, 4) is 0 Å². The number of H-pyrrole nitrogens is 1. The Morgan fingerprint density at radius 3 is 2.45 bits per heavy atom. The van der Waals surface area contributed by atoms with Crippen molar-refractivity contribution in [2.45, 2.75) is 44.3 Å². The monoisotopic (exact) mass is 390 g/mol. The van der Waals surface area contributed by atoms with E-state index in [0.29, 0.717) is 12.1 Å². The lowest BCUT2D eigenvalue weighted by atomic mass is 9.98. The summed E-state index contributed by atoms with van der Waals surface area (Å²) in [6.07, 6.45) is 4.68. The molecule has 2 saturated heterocycles. The third-order valence-corrected chi connectivity index (χ3v) is 6.73. The van der Waals surface area contributed by atoms with Gasteiger partial charge in [0.25, 0.3) is 0 Å². The molecule has 5 rings (SSSR count). The Morgan fingerprint density at radius 2 is 1.62 bits per heavy atom. The summed E-state index contributed by atoms with van der Waals surface area (Å²) in [5.41, 5.74) is 3.44. The first kappa shape index (κ1) is 18.6. The van der Waals surface area contributed by atoms with Crippen LogP contribution in [0, 0.1) is 0 Å². The third kappa shape index (κ3) is 3.89. The Kier molecular flexibility index (Phi) is 5.25. The molecule has 2 fully saturated rings. The van der Waals surface area contributed by atoms with Gasteiger partial charge in [-0.25, -0.2) is 4.79 Å². The van der Waals surface area contributed by atoms with E-state index in [2.05, 4.69) is 51.2 Å².